The Labute approximate surface area is 168 Å². The molecule has 2 atom stereocenters. The summed E-state index contributed by atoms with van der Waals surface area (Å²) in [6.07, 6.45) is 0. The Bertz CT molecular complexity index is 626. The lowest BCUT2D eigenvalue weighted by atomic mass is 10.2. The van der Waals surface area contributed by atoms with Gasteiger partial charge in [0.25, 0.3) is 0 Å². The fourth-order valence-electron chi connectivity index (χ4n) is 3.98. The molecule has 3 rings (SSSR count). The van der Waals surface area contributed by atoms with Crippen molar-refractivity contribution in [3.63, 3.8) is 0 Å². The third-order valence-corrected chi connectivity index (χ3v) is 5.56. The van der Waals surface area contributed by atoms with E-state index in [9.17, 15) is 0 Å². The molecule has 1 N–H and O–H groups in total. The minimum Gasteiger partial charge on any atom is -0.379 e. The summed E-state index contributed by atoms with van der Waals surface area (Å²) < 4.78 is 10.7. The molecule has 1 aromatic rings. The summed E-state index contributed by atoms with van der Waals surface area (Å²) in [5, 5.41) is 7.59. The second-order valence-electron chi connectivity index (χ2n) is 7.90. The number of piperazine rings is 1. The van der Waals surface area contributed by atoms with Gasteiger partial charge in [0.1, 0.15) is 5.76 Å². The third-order valence-electron chi connectivity index (χ3n) is 5.56. The maximum atomic E-state index is 5.56. The Hall–Kier alpha value is -1.64. The molecule has 1 aromatic heterocycles. The lowest BCUT2D eigenvalue weighted by molar-refractivity contribution is -0.0166. The SMILES string of the molecule is CCNC(=NCC(C)N1CCOCC1C)N1CCN(Cc2cc(C)on2)CC1. The highest BCUT2D eigenvalue weighted by molar-refractivity contribution is 5.80. The highest BCUT2D eigenvalue weighted by atomic mass is 16.5. The van der Waals surface area contributed by atoms with Crippen molar-refractivity contribution in [2.24, 2.45) is 4.99 Å². The van der Waals surface area contributed by atoms with Crippen molar-refractivity contribution in [3.05, 3.63) is 17.5 Å². The van der Waals surface area contributed by atoms with Crippen molar-refractivity contribution >= 4 is 5.96 Å². The monoisotopic (exact) mass is 392 g/mol. The first kappa shape index (κ1) is 21.1. The summed E-state index contributed by atoms with van der Waals surface area (Å²) in [6.45, 7) is 17.7. The van der Waals surface area contributed by atoms with Gasteiger partial charge in [0.2, 0.25) is 0 Å². The zero-order valence-corrected chi connectivity index (χ0v) is 17.9. The number of aromatic nitrogens is 1. The molecule has 8 heteroatoms. The molecule has 0 saturated carbocycles. The van der Waals surface area contributed by atoms with Crippen LogP contribution in [0.15, 0.2) is 15.6 Å². The van der Waals surface area contributed by atoms with Gasteiger partial charge in [-0.2, -0.15) is 0 Å². The largest absolute Gasteiger partial charge is 0.379 e. The Morgan fingerprint density at radius 3 is 2.75 bits per heavy atom. The lowest BCUT2D eigenvalue weighted by Gasteiger charge is -2.38. The van der Waals surface area contributed by atoms with Gasteiger partial charge in [-0.1, -0.05) is 5.16 Å². The van der Waals surface area contributed by atoms with Gasteiger partial charge >= 0.3 is 0 Å². The van der Waals surface area contributed by atoms with Crippen LogP contribution in [0, 0.1) is 6.92 Å². The van der Waals surface area contributed by atoms with E-state index in [0.717, 1.165) is 83.0 Å². The first-order valence-corrected chi connectivity index (χ1v) is 10.6. The van der Waals surface area contributed by atoms with Gasteiger partial charge in [-0.3, -0.25) is 14.8 Å². The normalized spacial score (nSPS) is 23.8. The van der Waals surface area contributed by atoms with E-state index < -0.39 is 0 Å². The van der Waals surface area contributed by atoms with E-state index in [-0.39, 0.29) is 0 Å². The lowest BCUT2D eigenvalue weighted by Crippen LogP contribution is -2.53. The average molecular weight is 393 g/mol. The molecule has 0 bridgehead atoms. The Morgan fingerprint density at radius 2 is 2.11 bits per heavy atom. The van der Waals surface area contributed by atoms with Crippen molar-refractivity contribution < 1.29 is 9.26 Å². The fourth-order valence-corrected chi connectivity index (χ4v) is 3.98. The second-order valence-corrected chi connectivity index (χ2v) is 7.90. The van der Waals surface area contributed by atoms with Crippen molar-refractivity contribution in [2.75, 3.05) is 59.0 Å². The molecule has 8 nitrogen and oxygen atoms in total. The Balaban J connectivity index is 1.51. The van der Waals surface area contributed by atoms with E-state index in [4.69, 9.17) is 14.3 Å². The van der Waals surface area contributed by atoms with Gasteiger partial charge < -0.3 is 19.5 Å². The Morgan fingerprint density at radius 1 is 1.32 bits per heavy atom. The molecule has 0 amide bonds. The smallest absolute Gasteiger partial charge is 0.194 e. The minimum absolute atomic E-state index is 0.421. The molecule has 0 aliphatic carbocycles. The van der Waals surface area contributed by atoms with Crippen molar-refractivity contribution in [1.29, 1.82) is 0 Å². The molecule has 2 fully saturated rings. The van der Waals surface area contributed by atoms with E-state index in [1.165, 1.54) is 0 Å². The molecule has 2 aliphatic rings. The van der Waals surface area contributed by atoms with Gasteiger partial charge in [-0.25, -0.2) is 0 Å². The highest BCUT2D eigenvalue weighted by Crippen LogP contribution is 2.12. The van der Waals surface area contributed by atoms with Gasteiger partial charge in [-0.15, -0.1) is 0 Å². The molecule has 3 heterocycles. The van der Waals surface area contributed by atoms with E-state index in [1.807, 2.05) is 13.0 Å². The van der Waals surface area contributed by atoms with Gasteiger partial charge in [0, 0.05) is 64.0 Å². The standard InChI is InChI=1S/C20H36N6O2/c1-5-21-20(22-13-16(2)26-10-11-27-15-17(26)3)25-8-6-24(7-9-25)14-19-12-18(4)28-23-19/h12,16-17H,5-11,13-15H2,1-4H3,(H,21,22). The number of hydrogen-bond acceptors (Lipinski definition) is 6. The maximum Gasteiger partial charge on any atom is 0.194 e. The molecule has 0 radical (unpaired) electrons. The number of guanidine groups is 1. The van der Waals surface area contributed by atoms with Crippen LogP contribution in [0.3, 0.4) is 0 Å². The van der Waals surface area contributed by atoms with Crippen LogP contribution in [0.2, 0.25) is 0 Å². The average Bonchev–Trinajstić information content (AvgIpc) is 3.10. The quantitative estimate of drug-likeness (QED) is 0.576. The van der Waals surface area contributed by atoms with Crippen LogP contribution < -0.4 is 5.32 Å². The van der Waals surface area contributed by atoms with Crippen LogP contribution in [-0.4, -0.2) is 96.9 Å². The zero-order chi connectivity index (χ0) is 19.9. The Kier molecular flexibility index (Phi) is 7.70. The maximum absolute atomic E-state index is 5.56. The van der Waals surface area contributed by atoms with E-state index >= 15 is 0 Å². The first-order chi connectivity index (χ1) is 13.6. The molecule has 2 aliphatic heterocycles. The number of rotatable bonds is 6. The molecule has 0 spiro atoms. The first-order valence-electron chi connectivity index (χ1n) is 10.6. The summed E-state index contributed by atoms with van der Waals surface area (Å²) in [5.41, 5.74) is 1.01. The van der Waals surface area contributed by atoms with E-state index in [2.05, 4.69) is 45.9 Å². The summed E-state index contributed by atoms with van der Waals surface area (Å²) in [5.74, 6) is 1.91. The molecule has 0 aromatic carbocycles. The number of nitrogens with zero attached hydrogens (tertiary/aromatic N) is 5. The molecular formula is C20H36N6O2. The van der Waals surface area contributed by atoms with Gasteiger partial charge in [0.05, 0.1) is 25.5 Å². The van der Waals surface area contributed by atoms with Crippen LogP contribution >= 0.6 is 0 Å². The number of aliphatic imine (C=N–C) groups is 1. The molecule has 28 heavy (non-hydrogen) atoms. The summed E-state index contributed by atoms with van der Waals surface area (Å²) in [7, 11) is 0. The van der Waals surface area contributed by atoms with Crippen LogP contribution in [0.5, 0.6) is 0 Å². The summed E-state index contributed by atoms with van der Waals surface area (Å²) >= 11 is 0. The molecule has 2 unspecified atom stereocenters. The zero-order valence-electron chi connectivity index (χ0n) is 17.9. The van der Waals surface area contributed by atoms with Gasteiger partial charge in [0.15, 0.2) is 5.96 Å². The van der Waals surface area contributed by atoms with E-state index in [0.29, 0.717) is 12.1 Å². The third kappa shape index (κ3) is 5.68. The minimum atomic E-state index is 0.421. The number of nitrogens with one attached hydrogen (secondary N) is 1. The topological polar surface area (TPSA) is 69.4 Å². The number of aryl methyl sites for hydroxylation is 1. The fraction of sp³-hybridized carbons (Fsp3) is 0.800. The molecule has 2 saturated heterocycles. The van der Waals surface area contributed by atoms with Crippen LogP contribution in [0.25, 0.3) is 0 Å². The second kappa shape index (κ2) is 10.2. The predicted octanol–water partition coefficient (Wildman–Crippen LogP) is 1.18. The van der Waals surface area contributed by atoms with Crippen LogP contribution in [0.4, 0.5) is 0 Å². The summed E-state index contributed by atoms with van der Waals surface area (Å²) in [6, 6.07) is 2.90. The van der Waals surface area contributed by atoms with Crippen molar-refractivity contribution in [1.82, 2.24) is 25.2 Å². The van der Waals surface area contributed by atoms with E-state index in [1.54, 1.807) is 0 Å². The summed E-state index contributed by atoms with van der Waals surface area (Å²) in [4.78, 5) is 12.3. The van der Waals surface area contributed by atoms with Crippen LogP contribution in [-0.2, 0) is 11.3 Å². The van der Waals surface area contributed by atoms with Crippen molar-refractivity contribution in [3.8, 4) is 0 Å². The number of hydrogen-bond donors (Lipinski definition) is 1. The van der Waals surface area contributed by atoms with Gasteiger partial charge in [-0.05, 0) is 27.7 Å². The highest BCUT2D eigenvalue weighted by Gasteiger charge is 2.24. The molecule has 158 valence electrons. The molecular weight excluding hydrogens is 356 g/mol. The van der Waals surface area contributed by atoms with Crippen molar-refractivity contribution in [2.45, 2.75) is 46.3 Å². The number of ether oxygens (including phenoxy) is 1. The number of morpholine rings is 1. The predicted molar refractivity (Wildman–Crippen MR) is 111 cm³/mol. The van der Waals surface area contributed by atoms with Crippen LogP contribution in [0.1, 0.15) is 32.2 Å².